The highest BCUT2D eigenvalue weighted by molar-refractivity contribution is 6.02. The summed E-state index contributed by atoms with van der Waals surface area (Å²) < 4.78 is 22.4. The fraction of sp³-hybridized carbons (Fsp3) is 0.474. The number of aromatic nitrogens is 2. The van der Waals surface area contributed by atoms with E-state index in [0.29, 0.717) is 40.5 Å². The Bertz CT molecular complexity index is 1080. The third kappa shape index (κ3) is 2.26. The van der Waals surface area contributed by atoms with Crippen LogP contribution >= 0.6 is 0 Å². The summed E-state index contributed by atoms with van der Waals surface area (Å²) in [6.07, 6.45) is 2.88. The van der Waals surface area contributed by atoms with Crippen molar-refractivity contribution in [1.82, 2.24) is 9.55 Å². The molecule has 0 spiro atoms. The second-order valence-corrected chi connectivity index (χ2v) is 7.47. The van der Waals surface area contributed by atoms with E-state index >= 15 is 0 Å². The van der Waals surface area contributed by atoms with Gasteiger partial charge in [0.15, 0.2) is 17.0 Å². The Hall–Kier alpha value is -2.41. The van der Waals surface area contributed by atoms with Crippen molar-refractivity contribution in [1.29, 1.82) is 0 Å². The van der Waals surface area contributed by atoms with Crippen LogP contribution < -0.4 is 16.2 Å². The van der Waals surface area contributed by atoms with Gasteiger partial charge in [-0.3, -0.25) is 4.79 Å². The quantitative estimate of drug-likeness (QED) is 0.781. The van der Waals surface area contributed by atoms with E-state index in [1.807, 2.05) is 4.90 Å². The molecule has 2 aliphatic rings. The molecule has 0 unspecified atom stereocenters. The number of pyridine rings is 1. The summed E-state index contributed by atoms with van der Waals surface area (Å²) in [6, 6.07) is 3.46. The number of aryl methyl sites for hydroxylation is 1. The van der Waals surface area contributed by atoms with Gasteiger partial charge in [0.2, 0.25) is 0 Å². The second-order valence-electron chi connectivity index (χ2n) is 7.47. The molecule has 1 saturated carbocycles. The fourth-order valence-corrected chi connectivity index (χ4v) is 4.09. The lowest BCUT2D eigenvalue weighted by molar-refractivity contribution is 0.563. The fourth-order valence-electron chi connectivity index (χ4n) is 4.09. The zero-order valence-electron chi connectivity index (χ0n) is 14.7. The van der Waals surface area contributed by atoms with Crippen molar-refractivity contribution < 1.29 is 8.81 Å². The van der Waals surface area contributed by atoms with E-state index in [0.717, 1.165) is 37.9 Å². The van der Waals surface area contributed by atoms with Crippen LogP contribution in [0.15, 0.2) is 21.3 Å². The summed E-state index contributed by atoms with van der Waals surface area (Å²) in [4.78, 5) is 19.2. The number of anilines is 1. The van der Waals surface area contributed by atoms with Crippen LogP contribution in [0, 0.1) is 18.7 Å². The molecule has 0 radical (unpaired) electrons. The van der Waals surface area contributed by atoms with Gasteiger partial charge >= 0.3 is 0 Å². The van der Waals surface area contributed by atoms with Crippen LogP contribution in [0.3, 0.4) is 0 Å². The minimum Gasteiger partial charge on any atom is -0.440 e. The SMILES string of the molecule is Cc1nc2c(=O)n(C3CC3)c3cc(N4CC[C@H](CN)C4)c(F)cc3c2o1. The van der Waals surface area contributed by atoms with Gasteiger partial charge in [-0.25, -0.2) is 9.37 Å². The maximum atomic E-state index is 15.0. The van der Waals surface area contributed by atoms with E-state index < -0.39 is 0 Å². The number of hydrogen-bond acceptors (Lipinski definition) is 5. The van der Waals surface area contributed by atoms with Gasteiger partial charge in [0.25, 0.3) is 5.56 Å². The predicted molar refractivity (Wildman–Crippen MR) is 98.1 cm³/mol. The standard InChI is InChI=1S/C19H21FN4O2/c1-10-22-17-18(26-10)13-6-14(20)16(23-5-4-11(8-21)9-23)7-15(13)24(19(17)25)12-2-3-12/h6-7,11-12H,2-5,8-9,21H2,1H3/t11-/m1/s1. The Balaban J connectivity index is 1.78. The third-order valence-corrected chi connectivity index (χ3v) is 5.60. The van der Waals surface area contributed by atoms with E-state index in [4.69, 9.17) is 10.2 Å². The van der Waals surface area contributed by atoms with Crippen LogP contribution in [0.4, 0.5) is 10.1 Å². The van der Waals surface area contributed by atoms with Crippen molar-refractivity contribution in [2.45, 2.75) is 32.2 Å². The molecule has 3 aromatic rings. The topological polar surface area (TPSA) is 77.3 Å². The molecule has 1 aromatic carbocycles. The molecule has 2 fully saturated rings. The Morgan fingerprint density at radius 3 is 2.85 bits per heavy atom. The molecule has 0 amide bonds. The van der Waals surface area contributed by atoms with Crippen LogP contribution in [-0.4, -0.2) is 29.2 Å². The maximum absolute atomic E-state index is 15.0. The monoisotopic (exact) mass is 356 g/mol. The summed E-state index contributed by atoms with van der Waals surface area (Å²) >= 11 is 0. The molecule has 6 nitrogen and oxygen atoms in total. The van der Waals surface area contributed by atoms with Crippen LogP contribution in [0.1, 0.15) is 31.2 Å². The normalized spacial score (nSPS) is 20.6. The van der Waals surface area contributed by atoms with Gasteiger partial charge in [-0.2, -0.15) is 0 Å². The molecule has 2 aromatic heterocycles. The molecule has 5 rings (SSSR count). The van der Waals surface area contributed by atoms with E-state index in [1.165, 1.54) is 6.07 Å². The average molecular weight is 356 g/mol. The first-order valence-corrected chi connectivity index (χ1v) is 9.16. The summed E-state index contributed by atoms with van der Waals surface area (Å²) in [5.74, 6) is 0.503. The Morgan fingerprint density at radius 1 is 1.35 bits per heavy atom. The lowest BCUT2D eigenvalue weighted by Crippen LogP contribution is -2.24. The number of hydrogen-bond donors (Lipinski definition) is 1. The molecule has 0 bridgehead atoms. The highest BCUT2D eigenvalue weighted by atomic mass is 19.1. The number of rotatable bonds is 3. The first-order valence-electron chi connectivity index (χ1n) is 9.16. The van der Waals surface area contributed by atoms with Gasteiger partial charge in [-0.15, -0.1) is 0 Å². The van der Waals surface area contributed by atoms with Crippen LogP contribution in [0.25, 0.3) is 22.0 Å². The van der Waals surface area contributed by atoms with Crippen molar-refractivity contribution >= 4 is 27.7 Å². The molecule has 136 valence electrons. The highest BCUT2D eigenvalue weighted by Gasteiger charge is 2.30. The maximum Gasteiger partial charge on any atom is 0.281 e. The zero-order valence-corrected chi connectivity index (χ0v) is 14.7. The smallest absolute Gasteiger partial charge is 0.281 e. The lowest BCUT2D eigenvalue weighted by atomic mass is 10.1. The number of halogens is 1. The largest absolute Gasteiger partial charge is 0.440 e. The van der Waals surface area contributed by atoms with Crippen LogP contribution in [-0.2, 0) is 0 Å². The molecule has 1 aliphatic carbocycles. The number of nitrogens with zero attached hydrogens (tertiary/aromatic N) is 3. The van der Waals surface area contributed by atoms with E-state index in [-0.39, 0.29) is 17.4 Å². The van der Waals surface area contributed by atoms with Crippen LogP contribution in [0.5, 0.6) is 0 Å². The lowest BCUT2D eigenvalue weighted by Gasteiger charge is -2.21. The molecule has 26 heavy (non-hydrogen) atoms. The van der Waals surface area contributed by atoms with Crippen LogP contribution in [0.2, 0.25) is 0 Å². The number of benzene rings is 1. The van der Waals surface area contributed by atoms with E-state index in [9.17, 15) is 9.18 Å². The van der Waals surface area contributed by atoms with Crippen molar-refractivity contribution in [3.8, 4) is 0 Å². The molecule has 7 heteroatoms. The molecular weight excluding hydrogens is 335 g/mol. The molecule has 1 saturated heterocycles. The van der Waals surface area contributed by atoms with Crippen molar-refractivity contribution in [3.05, 3.63) is 34.2 Å². The molecular formula is C19H21FN4O2. The van der Waals surface area contributed by atoms with Gasteiger partial charge in [0.1, 0.15) is 5.82 Å². The Labute approximate surface area is 149 Å². The van der Waals surface area contributed by atoms with Crippen molar-refractivity contribution in [3.63, 3.8) is 0 Å². The first kappa shape index (κ1) is 15.8. The third-order valence-electron chi connectivity index (χ3n) is 5.60. The first-order chi connectivity index (χ1) is 12.6. The molecule has 3 heterocycles. The minimum absolute atomic E-state index is 0.148. The van der Waals surface area contributed by atoms with Crippen molar-refractivity contribution in [2.75, 3.05) is 24.5 Å². The summed E-state index contributed by atoms with van der Waals surface area (Å²) in [5.41, 5.74) is 7.57. The number of oxazole rings is 1. The van der Waals surface area contributed by atoms with Gasteiger partial charge in [-0.05, 0) is 43.9 Å². The van der Waals surface area contributed by atoms with E-state index in [2.05, 4.69) is 4.98 Å². The van der Waals surface area contributed by atoms with Gasteiger partial charge < -0.3 is 19.6 Å². The number of fused-ring (bicyclic) bond motifs is 3. The van der Waals surface area contributed by atoms with Gasteiger partial charge in [0, 0.05) is 31.4 Å². The second kappa shape index (κ2) is 5.54. The average Bonchev–Trinajstić information content (AvgIpc) is 3.19. The highest BCUT2D eigenvalue weighted by Crippen LogP contribution is 2.39. The van der Waals surface area contributed by atoms with Gasteiger partial charge in [0.05, 0.1) is 11.2 Å². The summed E-state index contributed by atoms with van der Waals surface area (Å²) in [6.45, 7) is 3.84. The number of nitrogens with two attached hydrogens (primary N) is 1. The summed E-state index contributed by atoms with van der Waals surface area (Å²) in [7, 11) is 0. The molecule has 1 atom stereocenters. The minimum atomic E-state index is -0.300. The Kier molecular flexibility index (Phi) is 3.37. The van der Waals surface area contributed by atoms with Crippen molar-refractivity contribution in [2.24, 2.45) is 11.7 Å². The Morgan fingerprint density at radius 2 is 2.15 bits per heavy atom. The summed E-state index contributed by atoms with van der Waals surface area (Å²) in [5, 5.41) is 0.614. The van der Waals surface area contributed by atoms with E-state index in [1.54, 1.807) is 17.6 Å². The van der Waals surface area contributed by atoms with Gasteiger partial charge in [-0.1, -0.05) is 0 Å². The predicted octanol–water partition coefficient (Wildman–Crippen LogP) is 2.71. The molecule has 1 aliphatic heterocycles. The molecule has 2 N–H and O–H groups in total. The zero-order chi connectivity index (χ0) is 18.0.